The van der Waals surface area contributed by atoms with Gasteiger partial charge in [0, 0.05) is 17.8 Å². The van der Waals surface area contributed by atoms with Crippen LogP contribution in [-0.4, -0.2) is 31.1 Å². The first-order chi connectivity index (χ1) is 8.24. The molecule has 1 heterocycles. The van der Waals surface area contributed by atoms with Gasteiger partial charge in [0.25, 0.3) is 0 Å². The Morgan fingerprint density at radius 3 is 2.24 bits per heavy atom. The number of nitrogens with one attached hydrogen (secondary N) is 3. The summed E-state index contributed by atoms with van der Waals surface area (Å²) in [6, 6.07) is 9.70. The zero-order chi connectivity index (χ0) is 12.5. The van der Waals surface area contributed by atoms with E-state index in [2.05, 4.69) is 5.32 Å². The number of hydrogen-bond donors (Lipinski definition) is 4. The lowest BCUT2D eigenvalue weighted by Crippen LogP contribution is -2.35. The van der Waals surface area contributed by atoms with Crippen LogP contribution in [0.2, 0.25) is 0 Å². The van der Waals surface area contributed by atoms with Gasteiger partial charge in [-0.25, -0.2) is 0 Å². The van der Waals surface area contributed by atoms with E-state index in [9.17, 15) is 0 Å². The predicted octanol–water partition coefficient (Wildman–Crippen LogP) is 1.40. The Bertz CT molecular complexity index is 342. The topological polar surface area (TPSA) is 85.8 Å². The fourth-order valence-electron chi connectivity index (χ4n) is 1.55. The smallest absolute Gasteiger partial charge is 0.0787 e. The molecule has 4 heteroatoms. The lowest BCUT2D eigenvalue weighted by molar-refractivity contribution is 0.458. The summed E-state index contributed by atoms with van der Waals surface area (Å²) in [5.74, 6) is 0. The lowest BCUT2D eigenvalue weighted by atomic mass is 10.1. The average molecular weight is 232 g/mol. The molecule has 4 nitrogen and oxygen atoms in total. The summed E-state index contributed by atoms with van der Waals surface area (Å²) in [5.41, 5.74) is 6.63. The molecule has 0 amide bonds. The van der Waals surface area contributed by atoms with Crippen molar-refractivity contribution in [1.29, 1.82) is 10.8 Å². The van der Waals surface area contributed by atoms with Crippen LogP contribution in [0.1, 0.15) is 18.4 Å². The van der Waals surface area contributed by atoms with E-state index in [0.717, 1.165) is 37.7 Å². The molecule has 1 aliphatic heterocycles. The molecule has 0 atom stereocenters. The van der Waals surface area contributed by atoms with Gasteiger partial charge in [-0.1, -0.05) is 30.3 Å². The van der Waals surface area contributed by atoms with Crippen LogP contribution in [0.3, 0.4) is 0 Å². The zero-order valence-electron chi connectivity index (χ0n) is 9.95. The number of benzene rings is 1. The second-order valence-corrected chi connectivity index (χ2v) is 4.01. The Hall–Kier alpha value is -1.52. The molecule has 2 rings (SSSR count). The molecule has 1 saturated heterocycles. The van der Waals surface area contributed by atoms with Gasteiger partial charge in [0.2, 0.25) is 0 Å². The number of piperidine rings is 1. The van der Waals surface area contributed by atoms with E-state index in [1.165, 1.54) is 0 Å². The molecule has 0 spiro atoms. The second-order valence-electron chi connectivity index (χ2n) is 4.01. The van der Waals surface area contributed by atoms with Gasteiger partial charge in [-0.3, -0.25) is 5.41 Å². The fraction of sp³-hybridized carbons (Fsp3) is 0.385. The van der Waals surface area contributed by atoms with Crippen LogP contribution >= 0.6 is 0 Å². The fourth-order valence-corrected chi connectivity index (χ4v) is 1.55. The van der Waals surface area contributed by atoms with Gasteiger partial charge >= 0.3 is 0 Å². The molecule has 0 aliphatic carbocycles. The molecular formula is C13H20N4. The van der Waals surface area contributed by atoms with Crippen molar-refractivity contribution in [3.05, 3.63) is 35.9 Å². The second kappa shape index (κ2) is 7.70. The molecule has 0 aromatic heterocycles. The van der Waals surface area contributed by atoms with Gasteiger partial charge in [0.05, 0.1) is 5.71 Å². The number of hydrogen-bond acceptors (Lipinski definition) is 4. The van der Waals surface area contributed by atoms with Crippen LogP contribution in [0, 0.1) is 10.8 Å². The van der Waals surface area contributed by atoms with Crippen LogP contribution in [-0.2, 0) is 0 Å². The molecule has 0 saturated carbocycles. The maximum atomic E-state index is 7.24. The summed E-state index contributed by atoms with van der Waals surface area (Å²) >= 11 is 0. The zero-order valence-corrected chi connectivity index (χ0v) is 9.95. The van der Waals surface area contributed by atoms with Gasteiger partial charge in [-0.2, -0.15) is 0 Å². The lowest BCUT2D eigenvalue weighted by Gasteiger charge is -2.17. The molecule has 0 radical (unpaired) electrons. The van der Waals surface area contributed by atoms with Crippen molar-refractivity contribution in [2.45, 2.75) is 18.9 Å². The third-order valence-electron chi connectivity index (χ3n) is 2.61. The first-order valence-corrected chi connectivity index (χ1v) is 5.84. The van der Waals surface area contributed by atoms with E-state index in [-0.39, 0.29) is 5.71 Å². The van der Waals surface area contributed by atoms with Crippen LogP contribution in [0.4, 0.5) is 0 Å². The maximum absolute atomic E-state index is 7.24. The monoisotopic (exact) mass is 232 g/mol. The molecule has 0 bridgehead atoms. The van der Waals surface area contributed by atoms with E-state index in [0.29, 0.717) is 6.04 Å². The van der Waals surface area contributed by atoms with Crippen molar-refractivity contribution in [2.75, 3.05) is 13.1 Å². The molecule has 1 aromatic carbocycles. The minimum absolute atomic E-state index is 0.251. The van der Waals surface area contributed by atoms with E-state index in [1.807, 2.05) is 30.3 Å². The Labute approximate surface area is 102 Å². The van der Waals surface area contributed by atoms with E-state index in [4.69, 9.17) is 16.6 Å². The number of nitrogens with two attached hydrogens (primary N) is 1. The van der Waals surface area contributed by atoms with Crippen molar-refractivity contribution in [3.8, 4) is 0 Å². The van der Waals surface area contributed by atoms with Gasteiger partial charge < -0.3 is 16.5 Å². The van der Waals surface area contributed by atoms with Gasteiger partial charge in [-0.15, -0.1) is 0 Å². The predicted molar refractivity (Wildman–Crippen MR) is 72.1 cm³/mol. The van der Waals surface area contributed by atoms with E-state index in [1.54, 1.807) is 0 Å². The minimum atomic E-state index is 0.251. The average Bonchev–Trinajstić information content (AvgIpc) is 2.40. The molecule has 0 unspecified atom stereocenters. The van der Waals surface area contributed by atoms with E-state index < -0.39 is 0 Å². The van der Waals surface area contributed by atoms with Crippen molar-refractivity contribution in [2.24, 2.45) is 5.73 Å². The Morgan fingerprint density at radius 2 is 1.82 bits per heavy atom. The van der Waals surface area contributed by atoms with Crippen LogP contribution in [0.25, 0.3) is 0 Å². The highest BCUT2D eigenvalue weighted by atomic mass is 14.9. The van der Waals surface area contributed by atoms with Crippen molar-refractivity contribution in [1.82, 2.24) is 5.32 Å². The molecule has 92 valence electrons. The summed E-state index contributed by atoms with van der Waals surface area (Å²) in [5, 5.41) is 17.3. The molecule has 17 heavy (non-hydrogen) atoms. The van der Waals surface area contributed by atoms with Gasteiger partial charge in [0.1, 0.15) is 0 Å². The number of rotatable bonds is 2. The largest absolute Gasteiger partial charge is 0.328 e. The van der Waals surface area contributed by atoms with Gasteiger partial charge in [0.15, 0.2) is 0 Å². The van der Waals surface area contributed by atoms with Crippen LogP contribution < -0.4 is 11.1 Å². The Kier molecular flexibility index (Phi) is 6.14. The minimum Gasteiger partial charge on any atom is -0.328 e. The first kappa shape index (κ1) is 13.5. The highest BCUT2D eigenvalue weighted by Crippen LogP contribution is 1.97. The summed E-state index contributed by atoms with van der Waals surface area (Å²) in [6.07, 6.45) is 3.34. The third kappa shape index (κ3) is 5.38. The highest BCUT2D eigenvalue weighted by molar-refractivity contribution is 6.35. The first-order valence-electron chi connectivity index (χ1n) is 5.84. The summed E-state index contributed by atoms with van der Waals surface area (Å²) in [6.45, 7) is 2.22. The normalized spacial score (nSPS) is 15.6. The SMILES string of the molecule is N=CC(=N)c1ccccc1.NC1CCNCC1. The third-order valence-corrected chi connectivity index (χ3v) is 2.61. The highest BCUT2D eigenvalue weighted by Gasteiger charge is 2.05. The van der Waals surface area contributed by atoms with Crippen molar-refractivity contribution >= 4 is 11.9 Å². The molecular weight excluding hydrogens is 212 g/mol. The molecule has 1 aliphatic rings. The Morgan fingerprint density at radius 1 is 1.24 bits per heavy atom. The Balaban J connectivity index is 0.000000181. The quantitative estimate of drug-likeness (QED) is 0.581. The van der Waals surface area contributed by atoms with Crippen LogP contribution in [0.5, 0.6) is 0 Å². The van der Waals surface area contributed by atoms with Gasteiger partial charge in [-0.05, 0) is 25.9 Å². The molecule has 1 aromatic rings. The van der Waals surface area contributed by atoms with Crippen molar-refractivity contribution < 1.29 is 0 Å². The standard InChI is InChI=1S/C8H8N2.C5H12N2/c9-6-8(10)7-4-2-1-3-5-7;6-5-1-3-7-4-2-5/h1-6,9-10H;5,7H,1-4,6H2. The summed E-state index contributed by atoms with van der Waals surface area (Å²) in [4.78, 5) is 0. The summed E-state index contributed by atoms with van der Waals surface area (Å²) in [7, 11) is 0. The summed E-state index contributed by atoms with van der Waals surface area (Å²) < 4.78 is 0. The van der Waals surface area contributed by atoms with Crippen molar-refractivity contribution in [3.63, 3.8) is 0 Å². The van der Waals surface area contributed by atoms with E-state index >= 15 is 0 Å². The molecule has 1 fully saturated rings. The maximum Gasteiger partial charge on any atom is 0.0787 e. The van der Waals surface area contributed by atoms with Crippen LogP contribution in [0.15, 0.2) is 30.3 Å². The molecule has 5 N–H and O–H groups in total.